The van der Waals surface area contributed by atoms with Crippen molar-refractivity contribution in [1.29, 1.82) is 0 Å². The summed E-state index contributed by atoms with van der Waals surface area (Å²) < 4.78 is 61.9. The van der Waals surface area contributed by atoms with Gasteiger partial charge in [0, 0.05) is 11.8 Å². The van der Waals surface area contributed by atoms with Gasteiger partial charge in [-0.2, -0.15) is 0 Å². The Bertz CT molecular complexity index is 1050. The highest BCUT2D eigenvalue weighted by Crippen LogP contribution is 2.49. The van der Waals surface area contributed by atoms with Crippen LogP contribution in [-0.2, 0) is 10.0 Å². The molecule has 0 atom stereocenters. The summed E-state index contributed by atoms with van der Waals surface area (Å²) in [5.74, 6) is -2.38. The van der Waals surface area contributed by atoms with Crippen LogP contribution in [0, 0.1) is 18.6 Å². The molecule has 1 spiro atoms. The minimum atomic E-state index is -3.82. The molecule has 1 saturated carbocycles. The van der Waals surface area contributed by atoms with Gasteiger partial charge in [0.05, 0.1) is 4.75 Å². The van der Waals surface area contributed by atoms with Crippen molar-refractivity contribution >= 4 is 27.1 Å². The van der Waals surface area contributed by atoms with E-state index in [2.05, 4.69) is 10.0 Å². The number of sulfonamides is 1. The highest BCUT2D eigenvalue weighted by atomic mass is 32.2. The highest BCUT2D eigenvalue weighted by molar-refractivity contribution is 7.94. The molecular weight excluding hydrogens is 386 g/mol. The first-order valence-corrected chi connectivity index (χ1v) is 10.5. The molecule has 4 rings (SSSR count). The maximum atomic E-state index is 14.7. The van der Waals surface area contributed by atoms with E-state index in [1.54, 1.807) is 24.3 Å². The van der Waals surface area contributed by atoms with Crippen LogP contribution in [0.4, 0.5) is 25.8 Å². The van der Waals surface area contributed by atoms with E-state index in [9.17, 15) is 17.2 Å². The molecule has 5 nitrogen and oxygen atoms in total. The van der Waals surface area contributed by atoms with Crippen molar-refractivity contribution in [3.05, 3.63) is 59.7 Å². The van der Waals surface area contributed by atoms with Crippen LogP contribution in [0.2, 0.25) is 0 Å². The molecule has 0 unspecified atom stereocenters. The summed E-state index contributed by atoms with van der Waals surface area (Å²) in [7, 11) is -3.82. The normalized spacial score (nSPS) is 19.2. The Morgan fingerprint density at radius 3 is 2.54 bits per heavy atom. The maximum absolute atomic E-state index is 14.7. The van der Waals surface area contributed by atoms with Crippen LogP contribution in [0.3, 0.4) is 0 Å². The van der Waals surface area contributed by atoms with E-state index >= 15 is 0 Å². The molecule has 148 valence electrons. The number of hydrogen-bond acceptors (Lipinski definition) is 4. The lowest BCUT2D eigenvalue weighted by molar-refractivity contribution is 0.360. The number of halogens is 2. The van der Waals surface area contributed by atoms with E-state index in [0.717, 1.165) is 11.6 Å². The zero-order valence-corrected chi connectivity index (χ0v) is 16.1. The van der Waals surface area contributed by atoms with Gasteiger partial charge in [0.1, 0.15) is 23.7 Å². The van der Waals surface area contributed by atoms with Gasteiger partial charge in [-0.15, -0.1) is 0 Å². The standard InChI is InChI=1S/C20H20F2N2O3S/c1-13-4-6-14(7-5-13)23-19-17(22)15(21)12-16-18(19)24-28(25,26)20(9-10-20)8-2-3-11-27-16/h2-7,12,23-24H,8-11H2,1H3. The van der Waals surface area contributed by atoms with Crippen molar-refractivity contribution in [3.63, 3.8) is 0 Å². The monoisotopic (exact) mass is 406 g/mol. The molecule has 0 bridgehead atoms. The van der Waals surface area contributed by atoms with Gasteiger partial charge in [0.25, 0.3) is 0 Å². The van der Waals surface area contributed by atoms with Gasteiger partial charge in [-0.1, -0.05) is 29.8 Å². The third-order valence-corrected chi connectivity index (χ3v) is 7.30. The molecule has 1 heterocycles. The van der Waals surface area contributed by atoms with Crippen molar-refractivity contribution in [1.82, 2.24) is 0 Å². The van der Waals surface area contributed by atoms with Gasteiger partial charge in [0.2, 0.25) is 10.0 Å². The van der Waals surface area contributed by atoms with Crippen LogP contribution >= 0.6 is 0 Å². The minimum Gasteiger partial charge on any atom is -0.487 e. The third kappa shape index (κ3) is 3.32. The van der Waals surface area contributed by atoms with Crippen LogP contribution in [0.25, 0.3) is 0 Å². The molecule has 0 amide bonds. The van der Waals surface area contributed by atoms with Gasteiger partial charge in [-0.3, -0.25) is 4.72 Å². The van der Waals surface area contributed by atoms with E-state index in [0.29, 0.717) is 24.9 Å². The largest absolute Gasteiger partial charge is 0.487 e. The molecule has 1 fully saturated rings. The fraction of sp³-hybridized carbons (Fsp3) is 0.300. The number of benzene rings is 2. The number of rotatable bonds is 2. The quantitative estimate of drug-likeness (QED) is 0.714. The molecule has 1 aliphatic carbocycles. The van der Waals surface area contributed by atoms with Crippen molar-refractivity contribution in [3.8, 4) is 5.75 Å². The topological polar surface area (TPSA) is 67.4 Å². The molecule has 8 heteroatoms. The predicted octanol–water partition coefficient (Wildman–Crippen LogP) is 4.63. The number of ether oxygens (including phenoxy) is 1. The van der Waals surface area contributed by atoms with E-state index in [1.807, 2.05) is 19.1 Å². The van der Waals surface area contributed by atoms with Crippen molar-refractivity contribution < 1.29 is 21.9 Å². The average Bonchev–Trinajstić information content (AvgIpc) is 3.44. The highest BCUT2D eigenvalue weighted by Gasteiger charge is 2.54. The summed E-state index contributed by atoms with van der Waals surface area (Å²) in [5.41, 5.74) is 1.07. The molecule has 28 heavy (non-hydrogen) atoms. The Hall–Kier alpha value is -2.61. The number of aryl methyl sites for hydroxylation is 1. The summed E-state index contributed by atoms with van der Waals surface area (Å²) in [4.78, 5) is 0. The Kier molecular flexibility index (Phi) is 4.53. The Morgan fingerprint density at radius 2 is 1.86 bits per heavy atom. The van der Waals surface area contributed by atoms with E-state index in [-0.39, 0.29) is 23.7 Å². The Morgan fingerprint density at radius 1 is 1.14 bits per heavy atom. The smallest absolute Gasteiger partial charge is 0.238 e. The molecule has 0 aromatic heterocycles. The number of nitrogens with one attached hydrogen (secondary N) is 2. The first-order chi connectivity index (χ1) is 13.3. The lowest BCUT2D eigenvalue weighted by atomic mass is 10.2. The zero-order valence-electron chi connectivity index (χ0n) is 15.3. The molecular formula is C20H20F2N2O3S. The van der Waals surface area contributed by atoms with Crippen LogP contribution in [0.1, 0.15) is 24.8 Å². The van der Waals surface area contributed by atoms with E-state index in [1.165, 1.54) is 0 Å². The van der Waals surface area contributed by atoms with Crippen molar-refractivity contribution in [2.45, 2.75) is 30.9 Å². The number of anilines is 3. The maximum Gasteiger partial charge on any atom is 0.238 e. The van der Waals surface area contributed by atoms with E-state index < -0.39 is 26.4 Å². The first-order valence-electron chi connectivity index (χ1n) is 8.97. The SMILES string of the molecule is Cc1ccc(Nc2c(F)c(F)cc3c2NS(=O)(=O)C2(CC=CCO3)CC2)cc1. The Balaban J connectivity index is 1.84. The number of fused-ring (bicyclic) bond motifs is 1. The van der Waals surface area contributed by atoms with Crippen LogP contribution in [-0.4, -0.2) is 19.8 Å². The summed E-state index contributed by atoms with van der Waals surface area (Å²) >= 11 is 0. The molecule has 1 aliphatic heterocycles. The lowest BCUT2D eigenvalue weighted by Gasteiger charge is -2.23. The molecule has 2 aliphatic rings. The van der Waals surface area contributed by atoms with Crippen LogP contribution in [0.15, 0.2) is 42.5 Å². The van der Waals surface area contributed by atoms with Gasteiger partial charge in [0.15, 0.2) is 11.6 Å². The summed E-state index contributed by atoms with van der Waals surface area (Å²) in [5, 5.41) is 2.80. The lowest BCUT2D eigenvalue weighted by Crippen LogP contribution is -2.30. The van der Waals surface area contributed by atoms with Gasteiger partial charge in [-0.05, 0) is 38.3 Å². The zero-order chi connectivity index (χ0) is 19.9. The minimum absolute atomic E-state index is 0.0700. The molecule has 0 radical (unpaired) electrons. The average molecular weight is 406 g/mol. The van der Waals surface area contributed by atoms with Crippen molar-refractivity contribution in [2.24, 2.45) is 0 Å². The molecule has 2 aromatic rings. The fourth-order valence-electron chi connectivity index (χ4n) is 3.19. The van der Waals surface area contributed by atoms with Crippen LogP contribution < -0.4 is 14.8 Å². The number of allylic oxidation sites excluding steroid dienone is 1. The van der Waals surface area contributed by atoms with E-state index in [4.69, 9.17) is 4.74 Å². The van der Waals surface area contributed by atoms with Gasteiger partial charge in [-0.25, -0.2) is 17.2 Å². The van der Waals surface area contributed by atoms with Gasteiger partial charge < -0.3 is 10.1 Å². The molecule has 2 N–H and O–H groups in total. The summed E-state index contributed by atoms with van der Waals surface area (Å²) in [6.45, 7) is 2.03. The molecule has 0 saturated heterocycles. The second kappa shape index (κ2) is 6.77. The predicted molar refractivity (Wildman–Crippen MR) is 105 cm³/mol. The van der Waals surface area contributed by atoms with Crippen molar-refractivity contribution in [2.75, 3.05) is 16.6 Å². The number of hydrogen-bond donors (Lipinski definition) is 2. The fourth-order valence-corrected chi connectivity index (χ4v) is 4.83. The second-order valence-corrected chi connectivity index (χ2v) is 9.26. The van der Waals surface area contributed by atoms with Gasteiger partial charge >= 0.3 is 0 Å². The van der Waals surface area contributed by atoms with Crippen LogP contribution in [0.5, 0.6) is 5.75 Å². The first kappa shape index (κ1) is 18.7. The summed E-state index contributed by atoms with van der Waals surface area (Å²) in [6.07, 6.45) is 4.84. The third-order valence-electron chi connectivity index (χ3n) is 5.11. The second-order valence-electron chi connectivity index (χ2n) is 7.19. The Labute approximate surface area is 162 Å². The summed E-state index contributed by atoms with van der Waals surface area (Å²) in [6, 6.07) is 7.88. The molecule has 2 aromatic carbocycles.